The zero-order valence-corrected chi connectivity index (χ0v) is 19.0. The topological polar surface area (TPSA) is 101 Å². The molecule has 0 aliphatic heterocycles. The number of halogens is 1. The number of methoxy groups -OCH3 is 2. The lowest BCUT2D eigenvalue weighted by molar-refractivity contribution is 0.176. The number of benzene rings is 2. The fourth-order valence-corrected chi connectivity index (χ4v) is 3.04. The first kappa shape index (κ1) is 24.1. The summed E-state index contributed by atoms with van der Waals surface area (Å²) in [5.41, 5.74) is 3.07. The summed E-state index contributed by atoms with van der Waals surface area (Å²) in [5.74, 6) is 0. The summed E-state index contributed by atoms with van der Waals surface area (Å²) in [5, 5.41) is 11.0. The van der Waals surface area contributed by atoms with Gasteiger partial charge in [0.25, 0.3) is 0 Å². The first-order valence-corrected chi connectivity index (χ1v) is 9.84. The number of nitrogens with one attached hydrogen (secondary N) is 4. The van der Waals surface area contributed by atoms with Gasteiger partial charge in [0, 0.05) is 10.6 Å². The van der Waals surface area contributed by atoms with Crippen LogP contribution in [0.25, 0.3) is 5.57 Å². The SMILES string of the molecule is C=C(c1ccc(NC(=S)NC(=O)OC)c(NC(=S)NC(=O)OC)c1)c1ccccc1Cl. The highest BCUT2D eigenvalue weighted by molar-refractivity contribution is 7.80. The van der Waals surface area contributed by atoms with E-state index in [9.17, 15) is 9.59 Å². The number of carbonyl (C=O) groups excluding carboxylic acids is 2. The molecular weight excluding hydrogens is 460 g/mol. The Morgan fingerprint density at radius 3 is 2.00 bits per heavy atom. The second kappa shape index (κ2) is 11.3. The second-order valence-corrected chi connectivity index (χ2v) is 7.08. The number of thiocarbonyl (C=S) groups is 2. The first-order chi connectivity index (χ1) is 14.7. The molecular formula is C20H19ClN4O4S2. The van der Waals surface area contributed by atoms with E-state index in [-0.39, 0.29) is 10.2 Å². The highest BCUT2D eigenvalue weighted by Gasteiger charge is 2.14. The van der Waals surface area contributed by atoms with Crippen LogP contribution in [0.2, 0.25) is 5.02 Å². The molecule has 2 amide bonds. The van der Waals surface area contributed by atoms with Crippen molar-refractivity contribution in [3.05, 3.63) is 65.2 Å². The van der Waals surface area contributed by atoms with E-state index in [4.69, 9.17) is 36.0 Å². The summed E-state index contributed by atoms with van der Waals surface area (Å²) in [4.78, 5) is 22.8. The number of anilines is 2. The fraction of sp³-hybridized carbons (Fsp3) is 0.100. The molecule has 0 unspecified atom stereocenters. The Bertz CT molecular complexity index is 1050. The van der Waals surface area contributed by atoms with E-state index in [0.29, 0.717) is 22.0 Å². The van der Waals surface area contributed by atoms with Crippen LogP contribution in [0.3, 0.4) is 0 Å². The normalized spacial score (nSPS) is 9.77. The maximum Gasteiger partial charge on any atom is 0.413 e. The van der Waals surface area contributed by atoms with E-state index < -0.39 is 12.2 Å². The van der Waals surface area contributed by atoms with Crippen LogP contribution in [0, 0.1) is 0 Å². The van der Waals surface area contributed by atoms with Gasteiger partial charge in [-0.3, -0.25) is 10.6 Å². The van der Waals surface area contributed by atoms with Crippen molar-refractivity contribution in [1.29, 1.82) is 0 Å². The summed E-state index contributed by atoms with van der Waals surface area (Å²) >= 11 is 16.5. The smallest absolute Gasteiger partial charge is 0.413 e. The molecule has 31 heavy (non-hydrogen) atoms. The largest absolute Gasteiger partial charge is 0.453 e. The third-order valence-corrected chi connectivity index (χ3v) is 4.60. The minimum absolute atomic E-state index is 0.000532. The molecule has 11 heteroatoms. The number of alkyl carbamates (subject to hydrolysis) is 2. The molecule has 162 valence electrons. The van der Waals surface area contributed by atoms with Gasteiger partial charge in [-0.05, 0) is 53.8 Å². The van der Waals surface area contributed by atoms with Crippen molar-refractivity contribution in [2.75, 3.05) is 24.9 Å². The molecule has 0 heterocycles. The van der Waals surface area contributed by atoms with Gasteiger partial charge in [0.15, 0.2) is 10.2 Å². The molecule has 0 atom stereocenters. The molecule has 2 rings (SSSR count). The van der Waals surface area contributed by atoms with Crippen LogP contribution in [0.1, 0.15) is 11.1 Å². The van der Waals surface area contributed by atoms with Gasteiger partial charge in [-0.25, -0.2) is 9.59 Å². The van der Waals surface area contributed by atoms with Gasteiger partial charge in [0.05, 0.1) is 25.6 Å². The first-order valence-electron chi connectivity index (χ1n) is 8.65. The van der Waals surface area contributed by atoms with Gasteiger partial charge in [0.1, 0.15) is 0 Å². The predicted molar refractivity (Wildman–Crippen MR) is 130 cm³/mol. The molecule has 2 aromatic rings. The molecule has 2 aromatic carbocycles. The van der Waals surface area contributed by atoms with Gasteiger partial charge in [-0.15, -0.1) is 0 Å². The number of hydrogen-bond acceptors (Lipinski definition) is 6. The highest BCUT2D eigenvalue weighted by Crippen LogP contribution is 2.32. The van der Waals surface area contributed by atoms with E-state index in [0.717, 1.165) is 11.1 Å². The van der Waals surface area contributed by atoms with Gasteiger partial charge < -0.3 is 20.1 Å². The van der Waals surface area contributed by atoms with Crippen molar-refractivity contribution in [3.63, 3.8) is 0 Å². The number of hydrogen-bond donors (Lipinski definition) is 4. The second-order valence-electron chi connectivity index (χ2n) is 5.86. The standard InChI is InChI=1S/C20H19ClN4O4S2/c1-11(13-6-4-5-7-14(13)21)12-8-9-15(22-17(30)24-19(26)28-2)16(10-12)23-18(31)25-20(27)29-3/h4-10H,1H2,2-3H3,(H2,22,24,26,30)(H2,23,25,27,31). The average molecular weight is 479 g/mol. The van der Waals surface area contributed by atoms with E-state index in [1.54, 1.807) is 24.3 Å². The zero-order chi connectivity index (χ0) is 23.0. The van der Waals surface area contributed by atoms with Crippen molar-refractivity contribution in [2.24, 2.45) is 0 Å². The maximum atomic E-state index is 11.4. The highest BCUT2D eigenvalue weighted by atomic mass is 35.5. The van der Waals surface area contributed by atoms with Crippen LogP contribution in [0.4, 0.5) is 21.0 Å². The summed E-state index contributed by atoms with van der Waals surface area (Å²) in [6, 6.07) is 12.5. The van der Waals surface area contributed by atoms with Crippen LogP contribution < -0.4 is 21.3 Å². The summed E-state index contributed by atoms with van der Waals surface area (Å²) in [6.45, 7) is 4.12. The van der Waals surface area contributed by atoms with Crippen molar-refractivity contribution in [1.82, 2.24) is 10.6 Å². The molecule has 0 aliphatic carbocycles. The molecule has 8 nitrogen and oxygen atoms in total. The molecule has 0 fully saturated rings. The van der Waals surface area contributed by atoms with Crippen molar-refractivity contribution in [3.8, 4) is 0 Å². The van der Waals surface area contributed by atoms with E-state index in [2.05, 4.69) is 37.3 Å². The predicted octanol–water partition coefficient (Wildman–Crippen LogP) is 4.51. The zero-order valence-electron chi connectivity index (χ0n) is 16.6. The molecule has 0 aromatic heterocycles. The minimum atomic E-state index is -0.730. The minimum Gasteiger partial charge on any atom is -0.453 e. The molecule has 0 bridgehead atoms. The van der Waals surface area contributed by atoms with E-state index in [1.165, 1.54) is 14.2 Å². The summed E-state index contributed by atoms with van der Waals surface area (Å²) < 4.78 is 9.06. The monoisotopic (exact) mass is 478 g/mol. The van der Waals surface area contributed by atoms with Gasteiger partial charge in [-0.1, -0.05) is 42.4 Å². The molecule has 0 spiro atoms. The van der Waals surface area contributed by atoms with Crippen LogP contribution in [0.5, 0.6) is 0 Å². The van der Waals surface area contributed by atoms with Crippen LogP contribution in [0.15, 0.2) is 49.0 Å². The van der Waals surface area contributed by atoms with Gasteiger partial charge in [0.2, 0.25) is 0 Å². The van der Waals surface area contributed by atoms with Crippen LogP contribution >= 0.6 is 36.0 Å². The number of carbonyl (C=O) groups is 2. The van der Waals surface area contributed by atoms with Crippen LogP contribution in [-0.2, 0) is 9.47 Å². The van der Waals surface area contributed by atoms with E-state index >= 15 is 0 Å². The third-order valence-electron chi connectivity index (χ3n) is 3.87. The Morgan fingerprint density at radius 1 is 0.903 bits per heavy atom. The lowest BCUT2D eigenvalue weighted by Crippen LogP contribution is -2.35. The molecule has 4 N–H and O–H groups in total. The summed E-state index contributed by atoms with van der Waals surface area (Å²) in [7, 11) is 2.44. The van der Waals surface area contributed by atoms with Gasteiger partial charge >= 0.3 is 12.2 Å². The van der Waals surface area contributed by atoms with Crippen molar-refractivity contribution in [2.45, 2.75) is 0 Å². The van der Waals surface area contributed by atoms with Gasteiger partial charge in [-0.2, -0.15) is 0 Å². The van der Waals surface area contributed by atoms with Crippen molar-refractivity contribution < 1.29 is 19.1 Å². The Kier molecular flexibility index (Phi) is 8.74. The van der Waals surface area contributed by atoms with E-state index in [1.807, 2.05) is 18.2 Å². The quantitative estimate of drug-likeness (QED) is 0.476. The molecule has 0 radical (unpaired) electrons. The Hall–Kier alpha value is -3.21. The Labute approximate surface area is 194 Å². The van der Waals surface area contributed by atoms with Crippen LogP contribution in [-0.4, -0.2) is 36.6 Å². The lowest BCUT2D eigenvalue weighted by Gasteiger charge is -2.17. The molecule has 0 saturated heterocycles. The van der Waals surface area contributed by atoms with Crippen molar-refractivity contribution >= 4 is 75.4 Å². The number of ether oxygens (including phenoxy) is 2. The number of amides is 2. The maximum absolute atomic E-state index is 11.4. The Morgan fingerprint density at radius 2 is 1.45 bits per heavy atom. The summed E-state index contributed by atoms with van der Waals surface area (Å²) in [6.07, 6.45) is -1.45. The molecule has 0 saturated carbocycles. The average Bonchev–Trinajstić information content (AvgIpc) is 2.74. The fourth-order valence-electron chi connectivity index (χ4n) is 2.40. The molecule has 0 aliphatic rings. The third kappa shape index (κ3) is 6.92. The lowest BCUT2D eigenvalue weighted by atomic mass is 9.98. The Balaban J connectivity index is 2.36. The number of rotatable bonds is 4.